The molecule has 1 aliphatic rings. The second-order valence-electron chi connectivity index (χ2n) is 8.09. The molecular weight excluding hydrogens is 474 g/mol. The van der Waals surface area contributed by atoms with E-state index in [-0.39, 0.29) is 5.91 Å². The van der Waals surface area contributed by atoms with E-state index in [1.165, 1.54) is 23.5 Å². The maximum Gasteiger partial charge on any atom is 0.253 e. The Morgan fingerprint density at radius 2 is 1.82 bits per heavy atom. The first kappa shape index (κ1) is 22.2. The van der Waals surface area contributed by atoms with E-state index in [0.717, 1.165) is 27.0 Å². The second kappa shape index (κ2) is 9.35. The van der Waals surface area contributed by atoms with Crippen LogP contribution < -0.4 is 4.72 Å². The first-order chi connectivity index (χ1) is 16.0. The van der Waals surface area contributed by atoms with Crippen molar-refractivity contribution in [3.05, 3.63) is 88.3 Å². The number of rotatable bonds is 5. The molecule has 3 aromatic carbocycles. The van der Waals surface area contributed by atoms with E-state index < -0.39 is 5.60 Å². The highest BCUT2D eigenvalue weighted by Crippen LogP contribution is 2.37. The zero-order valence-electron chi connectivity index (χ0n) is 17.7. The molecule has 0 saturated carbocycles. The van der Waals surface area contributed by atoms with Gasteiger partial charge in [-0.05, 0) is 72.7 Å². The monoisotopic (exact) mass is 495 g/mol. The Labute approximate surface area is 205 Å². The van der Waals surface area contributed by atoms with Crippen molar-refractivity contribution in [3.8, 4) is 0 Å². The molecule has 1 saturated heterocycles. The van der Waals surface area contributed by atoms with E-state index in [0.29, 0.717) is 36.5 Å². The minimum absolute atomic E-state index is 0.0253. The van der Waals surface area contributed by atoms with Crippen LogP contribution in [0.1, 0.15) is 28.8 Å². The molecule has 0 aliphatic carbocycles. The van der Waals surface area contributed by atoms with Crippen molar-refractivity contribution in [1.82, 2.24) is 9.27 Å². The van der Waals surface area contributed by atoms with Crippen LogP contribution in [0.25, 0.3) is 10.9 Å². The van der Waals surface area contributed by atoms with Gasteiger partial charge in [-0.1, -0.05) is 41.9 Å². The lowest BCUT2D eigenvalue weighted by molar-refractivity contribution is -0.0210. The minimum Gasteiger partial charge on any atom is -0.385 e. The Bertz CT molecular complexity index is 1280. The number of carbonyl (C=O) groups excluding carboxylic acids is 1. The Morgan fingerprint density at radius 3 is 2.58 bits per heavy atom. The molecule has 0 bridgehead atoms. The number of anilines is 1. The van der Waals surface area contributed by atoms with Gasteiger partial charge in [0.1, 0.15) is 0 Å². The molecule has 33 heavy (non-hydrogen) atoms. The van der Waals surface area contributed by atoms with Crippen LogP contribution in [0.4, 0.5) is 5.69 Å². The number of piperidine rings is 1. The van der Waals surface area contributed by atoms with Crippen LogP contribution in [0.5, 0.6) is 0 Å². The number of hydrogen-bond donors (Lipinski definition) is 2. The summed E-state index contributed by atoms with van der Waals surface area (Å²) in [6.07, 6.45) is 0.918. The average Bonchev–Trinajstić information content (AvgIpc) is 3.33. The molecule has 5 nitrogen and oxygen atoms in total. The summed E-state index contributed by atoms with van der Waals surface area (Å²) in [4.78, 5) is 15.9. The first-order valence-corrected chi connectivity index (χ1v) is 12.7. The van der Waals surface area contributed by atoms with Gasteiger partial charge in [-0.15, -0.1) is 0 Å². The molecule has 0 unspecified atom stereocenters. The number of benzene rings is 3. The second-order valence-corrected chi connectivity index (χ2v) is 9.98. The molecule has 0 atom stereocenters. The van der Waals surface area contributed by atoms with E-state index in [1.54, 1.807) is 11.0 Å². The highest BCUT2D eigenvalue weighted by atomic mass is 35.5. The van der Waals surface area contributed by atoms with Gasteiger partial charge in [0.25, 0.3) is 5.91 Å². The third-order valence-corrected chi connectivity index (χ3v) is 7.88. The van der Waals surface area contributed by atoms with Crippen LogP contribution in [0.15, 0.2) is 77.0 Å². The molecule has 0 spiro atoms. The maximum atomic E-state index is 13.0. The van der Waals surface area contributed by atoms with Gasteiger partial charge in [-0.2, -0.15) is 4.37 Å². The van der Waals surface area contributed by atoms with Crippen LogP contribution >= 0.6 is 35.1 Å². The molecule has 1 aliphatic heterocycles. The average molecular weight is 496 g/mol. The number of aliphatic hydroxyl groups is 1. The summed E-state index contributed by atoms with van der Waals surface area (Å²) < 4.78 is 7.79. The number of nitrogens with zero attached hydrogens (tertiary/aromatic N) is 2. The predicted molar refractivity (Wildman–Crippen MR) is 136 cm³/mol. The Kier molecular flexibility index (Phi) is 6.29. The fourth-order valence-corrected chi connectivity index (χ4v) is 5.92. The van der Waals surface area contributed by atoms with E-state index in [2.05, 4.69) is 15.2 Å². The lowest BCUT2D eigenvalue weighted by Crippen LogP contribution is -2.45. The standard InChI is InChI=1S/C25H22ClN3O2S2/c26-21-6-2-1-5-20(21)25(31)12-14-29(15-13-25)24(30)17-8-10-19(11-9-17)27-33-22-7-3-4-18-16-32-28-23(18)22/h1-11,16,27,31H,12-15H2. The molecule has 2 heterocycles. The highest BCUT2D eigenvalue weighted by Gasteiger charge is 2.36. The molecule has 2 N–H and O–H groups in total. The van der Waals surface area contributed by atoms with E-state index in [4.69, 9.17) is 11.6 Å². The lowest BCUT2D eigenvalue weighted by Gasteiger charge is -2.39. The SMILES string of the molecule is O=C(c1ccc(NSc2cccc3csnc23)cc1)N1CCC(O)(c2ccccc2Cl)CC1. The summed E-state index contributed by atoms with van der Waals surface area (Å²) in [7, 11) is 0. The summed E-state index contributed by atoms with van der Waals surface area (Å²) in [5, 5.41) is 14.8. The van der Waals surface area contributed by atoms with Crippen molar-refractivity contribution >= 4 is 57.6 Å². The van der Waals surface area contributed by atoms with Crippen LogP contribution in [0.2, 0.25) is 5.02 Å². The normalized spacial score (nSPS) is 15.5. The third-order valence-electron chi connectivity index (χ3n) is 6.02. The van der Waals surface area contributed by atoms with Crippen molar-refractivity contribution in [2.24, 2.45) is 0 Å². The number of carbonyl (C=O) groups is 1. The zero-order valence-corrected chi connectivity index (χ0v) is 20.1. The van der Waals surface area contributed by atoms with E-state index >= 15 is 0 Å². The molecule has 8 heteroatoms. The molecule has 4 aromatic rings. The highest BCUT2D eigenvalue weighted by molar-refractivity contribution is 8.00. The molecule has 1 fully saturated rings. The summed E-state index contributed by atoms with van der Waals surface area (Å²) in [5.41, 5.74) is 2.28. The number of amides is 1. The van der Waals surface area contributed by atoms with Crippen molar-refractivity contribution < 1.29 is 9.90 Å². The van der Waals surface area contributed by atoms with Gasteiger partial charge in [0.15, 0.2) is 0 Å². The first-order valence-electron chi connectivity index (χ1n) is 10.7. The van der Waals surface area contributed by atoms with Crippen LogP contribution in [0, 0.1) is 0 Å². The van der Waals surface area contributed by atoms with Crippen molar-refractivity contribution in [2.45, 2.75) is 23.3 Å². The smallest absolute Gasteiger partial charge is 0.253 e. The van der Waals surface area contributed by atoms with Gasteiger partial charge in [-0.3, -0.25) is 4.79 Å². The quantitative estimate of drug-likeness (QED) is 0.323. The molecule has 168 valence electrons. The zero-order chi connectivity index (χ0) is 22.8. The Hall–Kier alpha value is -2.58. The fourth-order valence-electron chi connectivity index (χ4n) is 4.12. The topological polar surface area (TPSA) is 65.5 Å². The van der Waals surface area contributed by atoms with E-state index in [1.807, 2.05) is 60.0 Å². The summed E-state index contributed by atoms with van der Waals surface area (Å²) in [6, 6.07) is 21.0. The molecule has 1 aromatic heterocycles. The number of likely N-dealkylation sites (tertiary alicyclic amines) is 1. The number of hydrogen-bond acceptors (Lipinski definition) is 6. The Morgan fingerprint density at radius 1 is 1.06 bits per heavy atom. The van der Waals surface area contributed by atoms with Crippen molar-refractivity contribution in [1.29, 1.82) is 0 Å². The van der Waals surface area contributed by atoms with Crippen LogP contribution in [-0.4, -0.2) is 33.4 Å². The fraction of sp³-hybridized carbons (Fsp3) is 0.200. The number of fused-ring (bicyclic) bond motifs is 1. The van der Waals surface area contributed by atoms with Crippen molar-refractivity contribution in [3.63, 3.8) is 0 Å². The van der Waals surface area contributed by atoms with Gasteiger partial charge in [-0.25, -0.2) is 0 Å². The number of nitrogens with one attached hydrogen (secondary N) is 1. The maximum absolute atomic E-state index is 13.0. The van der Waals surface area contributed by atoms with Gasteiger partial charge in [0, 0.05) is 45.7 Å². The van der Waals surface area contributed by atoms with Crippen LogP contribution in [-0.2, 0) is 5.60 Å². The molecule has 0 radical (unpaired) electrons. The van der Waals surface area contributed by atoms with Crippen molar-refractivity contribution in [2.75, 3.05) is 17.8 Å². The van der Waals surface area contributed by atoms with Gasteiger partial charge < -0.3 is 14.7 Å². The predicted octanol–water partition coefficient (Wildman–Crippen LogP) is 6.19. The van der Waals surface area contributed by atoms with Gasteiger partial charge in [0.05, 0.1) is 16.0 Å². The van der Waals surface area contributed by atoms with Crippen LogP contribution in [0.3, 0.4) is 0 Å². The largest absolute Gasteiger partial charge is 0.385 e. The molecule has 5 rings (SSSR count). The Balaban J connectivity index is 1.20. The van der Waals surface area contributed by atoms with Gasteiger partial charge in [0.2, 0.25) is 0 Å². The number of halogens is 1. The molecule has 1 amide bonds. The van der Waals surface area contributed by atoms with E-state index in [9.17, 15) is 9.90 Å². The lowest BCUT2D eigenvalue weighted by atomic mass is 9.84. The minimum atomic E-state index is -1.000. The molecular formula is C25H22ClN3O2S2. The summed E-state index contributed by atoms with van der Waals surface area (Å²) in [6.45, 7) is 0.960. The third kappa shape index (κ3) is 4.59. The summed E-state index contributed by atoms with van der Waals surface area (Å²) >= 11 is 9.25. The van der Waals surface area contributed by atoms with Gasteiger partial charge >= 0.3 is 0 Å². The summed E-state index contributed by atoms with van der Waals surface area (Å²) in [5.74, 6) is -0.0253. The number of aromatic nitrogens is 1.